The number of pyridine rings is 1. The molecule has 0 saturated heterocycles. The van der Waals surface area contributed by atoms with E-state index in [0.29, 0.717) is 13.0 Å². The fraction of sp³-hybridized carbons (Fsp3) is 0.240. The summed E-state index contributed by atoms with van der Waals surface area (Å²) in [6, 6.07) is 22.4. The summed E-state index contributed by atoms with van der Waals surface area (Å²) in [6.07, 6.45) is 3.76. The van der Waals surface area contributed by atoms with Crippen molar-refractivity contribution in [1.82, 2.24) is 19.9 Å². The van der Waals surface area contributed by atoms with Gasteiger partial charge in [-0.1, -0.05) is 60.2 Å². The lowest BCUT2D eigenvalue weighted by atomic mass is 10.1. The summed E-state index contributed by atoms with van der Waals surface area (Å²) < 4.78 is 2.16. The van der Waals surface area contributed by atoms with Gasteiger partial charge in [-0.3, -0.25) is 4.79 Å². The van der Waals surface area contributed by atoms with Crippen molar-refractivity contribution in [3.05, 3.63) is 95.4 Å². The van der Waals surface area contributed by atoms with Crippen LogP contribution in [0.3, 0.4) is 0 Å². The smallest absolute Gasteiger partial charge is 0.220 e. The summed E-state index contributed by atoms with van der Waals surface area (Å²) in [5.74, 6) is 1.04. The maximum atomic E-state index is 12.3. The highest BCUT2D eigenvalue weighted by Gasteiger charge is 2.12. The van der Waals surface area contributed by atoms with Crippen LogP contribution in [0.1, 0.15) is 35.4 Å². The van der Waals surface area contributed by atoms with Gasteiger partial charge >= 0.3 is 0 Å². The van der Waals surface area contributed by atoms with Crippen molar-refractivity contribution in [2.45, 2.75) is 39.3 Å². The van der Waals surface area contributed by atoms with Gasteiger partial charge in [0.05, 0.1) is 6.54 Å². The second kappa shape index (κ2) is 9.35. The van der Waals surface area contributed by atoms with E-state index in [1.165, 1.54) is 11.1 Å². The van der Waals surface area contributed by atoms with Gasteiger partial charge in [0, 0.05) is 25.6 Å². The zero-order chi connectivity index (χ0) is 20.8. The first-order valence-electron chi connectivity index (χ1n) is 10.4. The molecule has 4 aromatic rings. The van der Waals surface area contributed by atoms with E-state index >= 15 is 0 Å². The SMILES string of the molecule is Cc1cccc(CNC(=O)CCCc2nc3cccnc3n2Cc2ccccc2)c1. The Kier molecular flexibility index (Phi) is 6.18. The van der Waals surface area contributed by atoms with Gasteiger partial charge in [0.1, 0.15) is 11.3 Å². The lowest BCUT2D eigenvalue weighted by Gasteiger charge is -2.09. The summed E-state index contributed by atoms with van der Waals surface area (Å²) in [7, 11) is 0. The van der Waals surface area contributed by atoms with Gasteiger partial charge in [-0.25, -0.2) is 9.97 Å². The Balaban J connectivity index is 1.38. The largest absolute Gasteiger partial charge is 0.352 e. The first-order valence-corrected chi connectivity index (χ1v) is 10.4. The van der Waals surface area contributed by atoms with Crippen LogP contribution >= 0.6 is 0 Å². The third-order valence-electron chi connectivity index (χ3n) is 5.14. The van der Waals surface area contributed by atoms with Crippen molar-refractivity contribution in [2.24, 2.45) is 0 Å². The fourth-order valence-electron chi connectivity index (χ4n) is 3.65. The quantitative estimate of drug-likeness (QED) is 0.478. The van der Waals surface area contributed by atoms with Crippen LogP contribution in [-0.4, -0.2) is 20.4 Å². The normalized spacial score (nSPS) is 11.0. The van der Waals surface area contributed by atoms with Crippen molar-refractivity contribution in [3.8, 4) is 0 Å². The fourth-order valence-corrected chi connectivity index (χ4v) is 3.65. The van der Waals surface area contributed by atoms with Gasteiger partial charge in [0.15, 0.2) is 5.65 Å². The molecule has 1 amide bonds. The molecule has 0 atom stereocenters. The third-order valence-corrected chi connectivity index (χ3v) is 5.14. The Morgan fingerprint density at radius 3 is 2.67 bits per heavy atom. The number of hydrogen-bond donors (Lipinski definition) is 1. The number of fused-ring (bicyclic) bond motifs is 1. The summed E-state index contributed by atoms with van der Waals surface area (Å²) in [4.78, 5) is 21.6. The number of amides is 1. The minimum Gasteiger partial charge on any atom is -0.352 e. The molecule has 0 unspecified atom stereocenters. The molecule has 0 saturated carbocycles. The molecule has 4 rings (SSSR count). The Hall–Kier alpha value is -3.47. The summed E-state index contributed by atoms with van der Waals surface area (Å²) >= 11 is 0. The molecule has 152 valence electrons. The first-order chi connectivity index (χ1) is 14.7. The van der Waals surface area contributed by atoms with E-state index in [9.17, 15) is 4.79 Å². The molecule has 0 fully saturated rings. The minimum atomic E-state index is 0.0698. The van der Waals surface area contributed by atoms with E-state index in [-0.39, 0.29) is 5.91 Å². The van der Waals surface area contributed by atoms with Gasteiger partial charge in [-0.2, -0.15) is 0 Å². The number of aryl methyl sites for hydroxylation is 2. The van der Waals surface area contributed by atoms with E-state index in [4.69, 9.17) is 4.98 Å². The van der Waals surface area contributed by atoms with Crippen LogP contribution < -0.4 is 5.32 Å². The van der Waals surface area contributed by atoms with Crippen molar-refractivity contribution in [2.75, 3.05) is 0 Å². The predicted molar refractivity (Wildman–Crippen MR) is 119 cm³/mol. The number of imidazole rings is 1. The molecule has 0 aliphatic carbocycles. The number of hydrogen-bond acceptors (Lipinski definition) is 3. The molecule has 0 aliphatic heterocycles. The second-order valence-electron chi connectivity index (χ2n) is 7.57. The number of aromatic nitrogens is 3. The molecule has 5 nitrogen and oxygen atoms in total. The monoisotopic (exact) mass is 398 g/mol. The molecule has 0 spiro atoms. The van der Waals surface area contributed by atoms with Gasteiger partial charge in [-0.15, -0.1) is 0 Å². The lowest BCUT2D eigenvalue weighted by molar-refractivity contribution is -0.121. The van der Waals surface area contributed by atoms with Gasteiger partial charge in [0.25, 0.3) is 0 Å². The maximum absolute atomic E-state index is 12.3. The van der Waals surface area contributed by atoms with Crippen LogP contribution in [0.2, 0.25) is 0 Å². The number of nitrogens with zero attached hydrogens (tertiary/aromatic N) is 3. The van der Waals surface area contributed by atoms with Crippen LogP contribution in [0.15, 0.2) is 72.9 Å². The van der Waals surface area contributed by atoms with Gasteiger partial charge in [-0.05, 0) is 36.6 Å². The zero-order valence-corrected chi connectivity index (χ0v) is 17.2. The molecular weight excluding hydrogens is 372 g/mol. The highest BCUT2D eigenvalue weighted by atomic mass is 16.1. The Bertz CT molecular complexity index is 1130. The van der Waals surface area contributed by atoms with Crippen LogP contribution in [0.5, 0.6) is 0 Å². The van der Waals surface area contributed by atoms with Crippen LogP contribution in [0, 0.1) is 6.92 Å². The number of nitrogens with one attached hydrogen (secondary N) is 1. The number of carbonyl (C=O) groups is 1. The van der Waals surface area contributed by atoms with Gasteiger partial charge in [0.2, 0.25) is 5.91 Å². The summed E-state index contributed by atoms with van der Waals surface area (Å²) in [6.45, 7) is 3.35. The number of carbonyl (C=O) groups excluding carboxylic acids is 1. The topological polar surface area (TPSA) is 59.8 Å². The molecule has 0 aliphatic rings. The van der Waals surface area contributed by atoms with E-state index in [0.717, 1.165) is 41.9 Å². The van der Waals surface area contributed by atoms with E-state index in [1.807, 2.05) is 42.5 Å². The Morgan fingerprint density at radius 2 is 1.83 bits per heavy atom. The van der Waals surface area contributed by atoms with E-state index < -0.39 is 0 Å². The van der Waals surface area contributed by atoms with Crippen molar-refractivity contribution in [1.29, 1.82) is 0 Å². The number of benzene rings is 2. The molecule has 5 heteroatoms. The molecule has 0 bridgehead atoms. The maximum Gasteiger partial charge on any atom is 0.220 e. The minimum absolute atomic E-state index is 0.0698. The highest BCUT2D eigenvalue weighted by molar-refractivity contribution is 5.76. The molecule has 1 N–H and O–H groups in total. The number of rotatable bonds is 8. The van der Waals surface area contributed by atoms with Crippen molar-refractivity contribution < 1.29 is 4.79 Å². The van der Waals surface area contributed by atoms with Gasteiger partial charge < -0.3 is 9.88 Å². The van der Waals surface area contributed by atoms with Crippen LogP contribution in [0.25, 0.3) is 11.2 Å². The van der Waals surface area contributed by atoms with Crippen LogP contribution in [-0.2, 0) is 24.3 Å². The zero-order valence-electron chi connectivity index (χ0n) is 17.2. The molecule has 30 heavy (non-hydrogen) atoms. The first kappa shape index (κ1) is 19.8. The van der Waals surface area contributed by atoms with E-state index in [2.05, 4.69) is 46.1 Å². The predicted octanol–water partition coefficient (Wildman–Crippen LogP) is 4.43. The molecule has 2 aromatic carbocycles. The van der Waals surface area contributed by atoms with E-state index in [1.54, 1.807) is 6.20 Å². The third kappa shape index (κ3) is 4.92. The summed E-state index contributed by atoms with van der Waals surface area (Å²) in [5.41, 5.74) is 5.32. The average Bonchev–Trinajstić information content (AvgIpc) is 3.10. The van der Waals surface area contributed by atoms with Crippen molar-refractivity contribution in [3.63, 3.8) is 0 Å². The van der Waals surface area contributed by atoms with Crippen molar-refractivity contribution >= 4 is 17.1 Å². The highest BCUT2D eigenvalue weighted by Crippen LogP contribution is 2.17. The molecule has 0 radical (unpaired) electrons. The molecular formula is C25H26N4O. The lowest BCUT2D eigenvalue weighted by Crippen LogP contribution is -2.22. The standard InChI is InChI=1S/C25H26N4O/c1-19-8-5-11-21(16-19)17-27-24(30)14-6-13-23-28-22-12-7-15-26-25(22)29(23)18-20-9-3-2-4-10-20/h2-5,7-12,15-16H,6,13-14,17-18H2,1H3,(H,27,30). The van der Waals surface area contributed by atoms with Crippen LogP contribution in [0.4, 0.5) is 0 Å². The molecule has 2 aromatic heterocycles. The second-order valence-corrected chi connectivity index (χ2v) is 7.57. The Morgan fingerprint density at radius 1 is 1.00 bits per heavy atom. The summed E-state index contributed by atoms with van der Waals surface area (Å²) in [5, 5.41) is 3.01. The Labute approximate surface area is 176 Å². The molecule has 2 heterocycles. The average molecular weight is 399 g/mol.